The fourth-order valence-corrected chi connectivity index (χ4v) is 4.32. The first-order valence-corrected chi connectivity index (χ1v) is 12.0. The van der Waals surface area contributed by atoms with Gasteiger partial charge in [0.2, 0.25) is 5.91 Å². The van der Waals surface area contributed by atoms with Crippen molar-refractivity contribution in [1.29, 1.82) is 0 Å². The van der Waals surface area contributed by atoms with Crippen molar-refractivity contribution in [2.24, 2.45) is 0 Å². The molecule has 0 radical (unpaired) electrons. The van der Waals surface area contributed by atoms with E-state index in [1.807, 2.05) is 54.2 Å². The van der Waals surface area contributed by atoms with Gasteiger partial charge < -0.3 is 24.4 Å². The van der Waals surface area contributed by atoms with Gasteiger partial charge in [0.15, 0.2) is 0 Å². The number of amides is 1. The van der Waals surface area contributed by atoms with E-state index in [1.54, 1.807) is 31.5 Å². The summed E-state index contributed by atoms with van der Waals surface area (Å²) >= 11 is 0. The van der Waals surface area contributed by atoms with Crippen LogP contribution in [0.4, 0.5) is 0 Å². The molecule has 8 nitrogen and oxygen atoms in total. The maximum Gasteiger partial charge on any atom is 0.246 e. The lowest BCUT2D eigenvalue weighted by atomic mass is 9.87. The Bertz CT molecular complexity index is 1150. The molecular formula is C27H34N4O4. The van der Waals surface area contributed by atoms with Crippen molar-refractivity contribution < 1.29 is 19.4 Å². The number of likely N-dealkylation sites (N-methyl/N-ethyl adjacent to an activating group) is 1. The highest BCUT2D eigenvalue weighted by Crippen LogP contribution is 2.36. The number of aromatic amines is 1. The van der Waals surface area contributed by atoms with Gasteiger partial charge in [-0.05, 0) is 55.9 Å². The van der Waals surface area contributed by atoms with Gasteiger partial charge in [-0.3, -0.25) is 9.89 Å². The van der Waals surface area contributed by atoms with E-state index in [1.165, 1.54) is 0 Å². The normalized spacial score (nSPS) is 17.7. The molecule has 1 aliphatic carbocycles. The van der Waals surface area contributed by atoms with Crippen molar-refractivity contribution >= 4 is 16.8 Å². The minimum atomic E-state index is 0.0247. The summed E-state index contributed by atoms with van der Waals surface area (Å²) in [5.74, 6) is 1.04. The van der Waals surface area contributed by atoms with Gasteiger partial charge in [-0.25, -0.2) is 0 Å². The number of nitrogens with zero attached hydrogens (tertiary/aromatic N) is 3. The number of hydrogen-bond donors (Lipinski definition) is 2. The Kier molecular flexibility index (Phi) is 8.05. The number of phenolic OH excluding ortho intramolecular Hbond substituents is 1. The van der Waals surface area contributed by atoms with Crippen molar-refractivity contribution in [3.8, 4) is 22.6 Å². The number of methoxy groups -OCH3 is 1. The highest BCUT2D eigenvalue weighted by Gasteiger charge is 2.37. The number of benzene rings is 2. The minimum absolute atomic E-state index is 0.0247. The van der Waals surface area contributed by atoms with Gasteiger partial charge in [-0.1, -0.05) is 18.2 Å². The van der Waals surface area contributed by atoms with Crippen molar-refractivity contribution in [2.45, 2.75) is 31.4 Å². The number of aromatic nitrogens is 2. The first-order chi connectivity index (χ1) is 16.9. The van der Waals surface area contributed by atoms with E-state index in [9.17, 15) is 9.90 Å². The summed E-state index contributed by atoms with van der Waals surface area (Å²) in [5, 5.41) is 17.8. The summed E-state index contributed by atoms with van der Waals surface area (Å²) in [7, 11) is 5.64. The van der Waals surface area contributed by atoms with Crippen LogP contribution in [0.15, 0.2) is 54.7 Å². The average molecular weight is 479 g/mol. The van der Waals surface area contributed by atoms with Gasteiger partial charge in [-0.2, -0.15) is 5.10 Å². The SMILES string of the molecule is COCCCN(C(=O)/C=C/CN(C)C)[C@H]1C[C@H](Oc2cc(-c3ccc(O)cc3)cc3[nH]ncc23)C1. The fourth-order valence-electron chi connectivity index (χ4n) is 4.32. The van der Waals surface area contributed by atoms with Gasteiger partial charge in [0.05, 0.1) is 17.1 Å². The topological polar surface area (TPSA) is 90.9 Å². The van der Waals surface area contributed by atoms with Crippen molar-refractivity contribution in [1.82, 2.24) is 20.0 Å². The number of hydrogen-bond acceptors (Lipinski definition) is 6. The molecule has 2 aromatic carbocycles. The Hall–Kier alpha value is -3.36. The van der Waals surface area contributed by atoms with Crippen LogP contribution in [0.1, 0.15) is 19.3 Å². The third-order valence-electron chi connectivity index (χ3n) is 6.29. The lowest BCUT2D eigenvalue weighted by molar-refractivity contribution is -0.132. The number of nitrogens with one attached hydrogen (secondary N) is 1. The monoisotopic (exact) mass is 478 g/mol. The van der Waals surface area contributed by atoms with Crippen LogP contribution in [-0.4, -0.2) is 84.1 Å². The number of phenols is 1. The predicted octanol–water partition coefficient (Wildman–Crippen LogP) is 3.83. The second-order valence-corrected chi connectivity index (χ2v) is 9.26. The van der Waals surface area contributed by atoms with Crippen molar-refractivity contribution in [2.75, 3.05) is 40.9 Å². The van der Waals surface area contributed by atoms with Gasteiger partial charge in [0.1, 0.15) is 17.6 Å². The lowest BCUT2D eigenvalue weighted by Gasteiger charge is -2.42. The summed E-state index contributed by atoms with van der Waals surface area (Å²) in [6.45, 7) is 2.02. The van der Waals surface area contributed by atoms with Crippen molar-refractivity contribution in [3.05, 3.63) is 54.7 Å². The number of rotatable bonds is 11. The number of carbonyl (C=O) groups excluding carboxylic acids is 1. The lowest BCUT2D eigenvalue weighted by Crippen LogP contribution is -2.51. The first kappa shape index (κ1) is 24.8. The van der Waals surface area contributed by atoms with Crippen LogP contribution in [0.5, 0.6) is 11.5 Å². The molecule has 3 aromatic rings. The molecule has 1 amide bonds. The van der Waals surface area contributed by atoms with E-state index < -0.39 is 0 Å². The van der Waals surface area contributed by atoms with E-state index in [0.29, 0.717) is 13.2 Å². The van der Waals surface area contributed by atoms with Crippen molar-refractivity contribution in [3.63, 3.8) is 0 Å². The molecule has 0 bridgehead atoms. The third kappa shape index (κ3) is 6.21. The van der Waals surface area contributed by atoms with Crippen LogP contribution in [0.3, 0.4) is 0 Å². The molecule has 2 N–H and O–H groups in total. The van der Waals surface area contributed by atoms with Gasteiger partial charge in [-0.15, -0.1) is 0 Å². The van der Waals surface area contributed by atoms with E-state index in [-0.39, 0.29) is 23.8 Å². The molecule has 186 valence electrons. The van der Waals surface area contributed by atoms with E-state index >= 15 is 0 Å². The molecule has 0 spiro atoms. The number of aromatic hydroxyl groups is 1. The molecule has 1 saturated carbocycles. The van der Waals surface area contributed by atoms with E-state index in [0.717, 1.165) is 53.6 Å². The number of H-pyrrole nitrogens is 1. The Balaban J connectivity index is 1.45. The second-order valence-electron chi connectivity index (χ2n) is 9.26. The number of ether oxygens (including phenoxy) is 2. The van der Waals surface area contributed by atoms with Crippen LogP contribution in [0.2, 0.25) is 0 Å². The molecule has 1 aromatic heterocycles. The summed E-state index contributed by atoms with van der Waals surface area (Å²) < 4.78 is 11.6. The zero-order valence-corrected chi connectivity index (χ0v) is 20.6. The highest BCUT2D eigenvalue weighted by molar-refractivity contribution is 5.90. The van der Waals surface area contributed by atoms with Gasteiger partial charge in [0.25, 0.3) is 0 Å². The summed E-state index contributed by atoms with van der Waals surface area (Å²) in [6, 6.07) is 11.3. The summed E-state index contributed by atoms with van der Waals surface area (Å²) in [4.78, 5) is 16.9. The van der Waals surface area contributed by atoms with Crippen LogP contribution >= 0.6 is 0 Å². The largest absolute Gasteiger partial charge is 0.508 e. The molecule has 1 heterocycles. The van der Waals surface area contributed by atoms with Crippen LogP contribution in [0, 0.1) is 0 Å². The molecule has 35 heavy (non-hydrogen) atoms. The Morgan fingerprint density at radius 3 is 2.69 bits per heavy atom. The number of fused-ring (bicyclic) bond motifs is 1. The van der Waals surface area contributed by atoms with Crippen LogP contribution in [0.25, 0.3) is 22.0 Å². The molecule has 4 rings (SSSR count). The van der Waals surface area contributed by atoms with Crippen LogP contribution < -0.4 is 4.74 Å². The number of carbonyl (C=O) groups is 1. The molecule has 8 heteroatoms. The Morgan fingerprint density at radius 1 is 1.20 bits per heavy atom. The standard InChI is InChI=1S/C27H34N4O4/c1-30(2)11-4-6-27(33)31(12-5-13-34-3)21-16-23(17-21)35-26-15-20(14-25-24(26)18-28-29-25)19-7-9-22(32)10-8-19/h4,6-10,14-15,18,21,23,32H,5,11-13,16-17H2,1-3H3,(H,28,29)/b6-4+/t21-,23-. The minimum Gasteiger partial charge on any atom is -0.508 e. The van der Waals surface area contributed by atoms with E-state index in [2.05, 4.69) is 10.2 Å². The zero-order chi connectivity index (χ0) is 24.8. The van der Waals surface area contributed by atoms with Gasteiger partial charge >= 0.3 is 0 Å². The Labute approximate surface area is 206 Å². The molecule has 1 aliphatic rings. The summed E-state index contributed by atoms with van der Waals surface area (Å²) in [6.07, 6.45) is 7.75. The molecule has 0 saturated heterocycles. The maximum absolute atomic E-state index is 12.9. The highest BCUT2D eigenvalue weighted by atomic mass is 16.5. The summed E-state index contributed by atoms with van der Waals surface area (Å²) in [5.41, 5.74) is 2.86. The van der Waals surface area contributed by atoms with Crippen LogP contribution in [-0.2, 0) is 9.53 Å². The average Bonchev–Trinajstić information content (AvgIpc) is 3.28. The molecular weight excluding hydrogens is 444 g/mol. The van der Waals surface area contributed by atoms with E-state index in [4.69, 9.17) is 9.47 Å². The molecule has 1 fully saturated rings. The quantitative estimate of drug-likeness (QED) is 0.322. The molecule has 0 atom stereocenters. The Morgan fingerprint density at radius 2 is 1.97 bits per heavy atom. The smallest absolute Gasteiger partial charge is 0.246 e. The third-order valence-corrected chi connectivity index (χ3v) is 6.29. The maximum atomic E-state index is 12.9. The molecule has 0 aliphatic heterocycles. The zero-order valence-electron chi connectivity index (χ0n) is 20.6. The molecule has 0 unspecified atom stereocenters. The predicted molar refractivity (Wildman–Crippen MR) is 137 cm³/mol. The first-order valence-electron chi connectivity index (χ1n) is 12.0. The van der Waals surface area contributed by atoms with Gasteiger partial charge in [0, 0.05) is 51.8 Å². The fraction of sp³-hybridized carbons (Fsp3) is 0.407. The second kappa shape index (κ2) is 11.4.